The van der Waals surface area contributed by atoms with Gasteiger partial charge in [0.2, 0.25) is 0 Å². The third kappa shape index (κ3) is 1.73. The van der Waals surface area contributed by atoms with Gasteiger partial charge in [-0.25, -0.2) is 0 Å². The number of halogens is 1. The fraction of sp³-hybridized carbons (Fsp3) is 0.143. The van der Waals surface area contributed by atoms with Crippen LogP contribution in [0.2, 0.25) is 0 Å². The molecule has 0 spiro atoms. The predicted molar refractivity (Wildman–Crippen MR) is 48.2 cm³/mol. The van der Waals surface area contributed by atoms with E-state index in [9.17, 15) is 9.59 Å². The van der Waals surface area contributed by atoms with Crippen LogP contribution in [0, 0.1) is 0 Å². The first kappa shape index (κ1) is 8.99. The van der Waals surface area contributed by atoms with E-state index in [1.54, 1.807) is 0 Å². The Balaban J connectivity index is 3.13. The van der Waals surface area contributed by atoms with Gasteiger partial charge < -0.3 is 10.3 Å². The fourth-order valence-electron chi connectivity index (χ4n) is 0.731. The Labute approximate surface area is 77.1 Å². The summed E-state index contributed by atoms with van der Waals surface area (Å²) in [6, 6.07) is 1.47. The van der Waals surface area contributed by atoms with Gasteiger partial charge in [-0.1, -0.05) is 0 Å². The second-order valence-electron chi connectivity index (χ2n) is 2.14. The van der Waals surface area contributed by atoms with Crippen molar-refractivity contribution in [2.45, 2.75) is 0 Å². The summed E-state index contributed by atoms with van der Waals surface area (Å²) in [6.45, 7) is 0. The smallest absolute Gasteiger partial charge is 0.262 e. The molecule has 1 aromatic rings. The molecule has 1 rings (SSSR count). The first-order valence-electron chi connectivity index (χ1n) is 3.25. The number of amides is 1. The zero-order chi connectivity index (χ0) is 9.14. The molecule has 1 amide bonds. The van der Waals surface area contributed by atoms with E-state index >= 15 is 0 Å². The van der Waals surface area contributed by atoms with Gasteiger partial charge in [0.1, 0.15) is 0 Å². The van der Waals surface area contributed by atoms with Crippen LogP contribution in [0.3, 0.4) is 0 Å². The van der Waals surface area contributed by atoms with Crippen molar-refractivity contribution in [3.63, 3.8) is 0 Å². The average Bonchev–Trinajstić information content (AvgIpc) is 2.08. The Morgan fingerprint density at radius 2 is 2.33 bits per heavy atom. The molecule has 0 atom stereocenters. The molecule has 4 nitrogen and oxygen atoms in total. The maximum absolute atomic E-state index is 11.0. The molecule has 0 aliphatic rings. The van der Waals surface area contributed by atoms with Gasteiger partial charge >= 0.3 is 0 Å². The standard InChI is InChI=1S/C7H7BrN2O2/c1-9-6(11)4-2-5(8)7(12)10-3-4/h2-3H,1H3,(H,9,11)(H,10,12). The van der Waals surface area contributed by atoms with Gasteiger partial charge in [-0.15, -0.1) is 0 Å². The summed E-state index contributed by atoms with van der Waals surface area (Å²) in [4.78, 5) is 24.3. The lowest BCUT2D eigenvalue weighted by Gasteiger charge is -1.98. The number of nitrogens with one attached hydrogen (secondary N) is 2. The maximum Gasteiger partial charge on any atom is 0.262 e. The molecule has 5 heteroatoms. The molecule has 0 aliphatic carbocycles. The Kier molecular flexibility index (Phi) is 2.65. The average molecular weight is 231 g/mol. The highest BCUT2D eigenvalue weighted by atomic mass is 79.9. The van der Waals surface area contributed by atoms with E-state index in [0.29, 0.717) is 10.0 Å². The van der Waals surface area contributed by atoms with Gasteiger partial charge in [-0.3, -0.25) is 9.59 Å². The number of pyridine rings is 1. The van der Waals surface area contributed by atoms with Crippen molar-refractivity contribution in [3.8, 4) is 0 Å². The van der Waals surface area contributed by atoms with Crippen LogP contribution in [0.15, 0.2) is 21.5 Å². The number of carbonyl (C=O) groups excluding carboxylic acids is 1. The minimum atomic E-state index is -0.248. The largest absolute Gasteiger partial charge is 0.355 e. The van der Waals surface area contributed by atoms with Crippen LogP contribution >= 0.6 is 15.9 Å². The molecule has 12 heavy (non-hydrogen) atoms. The summed E-state index contributed by atoms with van der Waals surface area (Å²) in [5.41, 5.74) is 0.173. The molecular weight excluding hydrogens is 224 g/mol. The predicted octanol–water partition coefficient (Wildman–Crippen LogP) is 0.497. The van der Waals surface area contributed by atoms with Gasteiger partial charge in [0.25, 0.3) is 11.5 Å². The molecule has 0 radical (unpaired) electrons. The molecule has 0 saturated carbocycles. The van der Waals surface area contributed by atoms with Gasteiger partial charge in [-0.2, -0.15) is 0 Å². The Hall–Kier alpha value is -1.10. The highest BCUT2D eigenvalue weighted by Crippen LogP contribution is 2.04. The van der Waals surface area contributed by atoms with E-state index in [1.807, 2.05) is 0 Å². The Morgan fingerprint density at radius 3 is 2.83 bits per heavy atom. The Bertz CT molecular complexity index is 359. The molecular formula is C7H7BrN2O2. The van der Waals surface area contributed by atoms with E-state index in [0.717, 1.165) is 0 Å². The molecule has 0 fully saturated rings. The second kappa shape index (κ2) is 3.53. The third-order valence-electron chi connectivity index (χ3n) is 1.35. The van der Waals surface area contributed by atoms with Crippen molar-refractivity contribution in [1.29, 1.82) is 0 Å². The first-order chi connectivity index (χ1) is 5.65. The highest BCUT2D eigenvalue weighted by Gasteiger charge is 2.04. The summed E-state index contributed by atoms with van der Waals surface area (Å²) in [6.07, 6.45) is 1.37. The van der Waals surface area contributed by atoms with E-state index in [1.165, 1.54) is 19.3 Å². The molecule has 2 N–H and O–H groups in total. The van der Waals surface area contributed by atoms with Crippen LogP contribution < -0.4 is 10.9 Å². The lowest BCUT2D eigenvalue weighted by Crippen LogP contribution is -2.19. The van der Waals surface area contributed by atoms with Gasteiger partial charge in [0.15, 0.2) is 0 Å². The molecule has 1 heterocycles. The van der Waals surface area contributed by atoms with Crippen LogP contribution in [-0.4, -0.2) is 17.9 Å². The van der Waals surface area contributed by atoms with Gasteiger partial charge in [0, 0.05) is 13.2 Å². The topological polar surface area (TPSA) is 62.0 Å². The highest BCUT2D eigenvalue weighted by molar-refractivity contribution is 9.10. The summed E-state index contributed by atoms with van der Waals surface area (Å²) in [5.74, 6) is -0.230. The summed E-state index contributed by atoms with van der Waals surface area (Å²) >= 11 is 3.02. The number of hydrogen-bond donors (Lipinski definition) is 2. The van der Waals surface area contributed by atoms with Gasteiger partial charge in [-0.05, 0) is 22.0 Å². The van der Waals surface area contributed by atoms with E-state index in [4.69, 9.17) is 0 Å². The third-order valence-corrected chi connectivity index (χ3v) is 1.94. The summed E-state index contributed by atoms with van der Waals surface area (Å²) < 4.78 is 0.351. The maximum atomic E-state index is 11.0. The van der Waals surface area contributed by atoms with Crippen LogP contribution in [0.25, 0.3) is 0 Å². The number of rotatable bonds is 1. The number of aromatic amines is 1. The molecule has 0 aliphatic heterocycles. The van der Waals surface area contributed by atoms with Gasteiger partial charge in [0.05, 0.1) is 10.0 Å². The van der Waals surface area contributed by atoms with Crippen molar-refractivity contribution in [1.82, 2.24) is 10.3 Å². The molecule has 0 aromatic carbocycles. The lowest BCUT2D eigenvalue weighted by atomic mass is 10.3. The van der Waals surface area contributed by atoms with E-state index in [2.05, 4.69) is 26.2 Å². The fourth-order valence-corrected chi connectivity index (χ4v) is 1.09. The van der Waals surface area contributed by atoms with Crippen LogP contribution in [-0.2, 0) is 0 Å². The minimum absolute atomic E-state index is 0.230. The molecule has 0 saturated heterocycles. The zero-order valence-electron chi connectivity index (χ0n) is 6.35. The molecule has 0 bridgehead atoms. The number of hydrogen-bond acceptors (Lipinski definition) is 2. The molecule has 1 aromatic heterocycles. The number of aromatic nitrogens is 1. The van der Waals surface area contributed by atoms with E-state index in [-0.39, 0.29) is 11.5 Å². The SMILES string of the molecule is CNC(=O)c1c[nH]c(=O)c(Br)c1. The van der Waals surface area contributed by atoms with E-state index < -0.39 is 0 Å². The van der Waals surface area contributed by atoms with Crippen molar-refractivity contribution in [2.75, 3.05) is 7.05 Å². The van der Waals surface area contributed by atoms with Crippen molar-refractivity contribution in [3.05, 3.63) is 32.7 Å². The van der Waals surface area contributed by atoms with Crippen LogP contribution in [0.5, 0.6) is 0 Å². The number of carbonyl (C=O) groups is 1. The number of H-pyrrole nitrogens is 1. The van der Waals surface area contributed by atoms with Crippen molar-refractivity contribution in [2.24, 2.45) is 0 Å². The quantitative estimate of drug-likeness (QED) is 0.739. The molecule has 0 unspecified atom stereocenters. The monoisotopic (exact) mass is 230 g/mol. The second-order valence-corrected chi connectivity index (χ2v) is 3.00. The van der Waals surface area contributed by atoms with Crippen molar-refractivity contribution >= 4 is 21.8 Å². The van der Waals surface area contributed by atoms with Crippen molar-refractivity contribution < 1.29 is 4.79 Å². The Morgan fingerprint density at radius 1 is 1.67 bits per heavy atom. The minimum Gasteiger partial charge on any atom is -0.355 e. The summed E-state index contributed by atoms with van der Waals surface area (Å²) in [7, 11) is 1.53. The molecule has 64 valence electrons. The van der Waals surface area contributed by atoms with Crippen LogP contribution in [0.4, 0.5) is 0 Å². The first-order valence-corrected chi connectivity index (χ1v) is 4.04. The zero-order valence-corrected chi connectivity index (χ0v) is 7.94. The van der Waals surface area contributed by atoms with Crippen LogP contribution in [0.1, 0.15) is 10.4 Å². The lowest BCUT2D eigenvalue weighted by molar-refractivity contribution is 0.0962. The normalized spacial score (nSPS) is 9.50. The summed E-state index contributed by atoms with van der Waals surface area (Å²) in [5, 5.41) is 2.45.